The van der Waals surface area contributed by atoms with Crippen molar-refractivity contribution in [3.05, 3.63) is 29.8 Å². The summed E-state index contributed by atoms with van der Waals surface area (Å²) < 4.78 is 10.2. The predicted molar refractivity (Wildman–Crippen MR) is 114 cm³/mol. The number of hydrogen-bond acceptors (Lipinski definition) is 7. The standard InChI is InChI=1S/C20H33N3O4S/c1-20(2,28-6)17(22-4)18(24)23-16(19(25)26-5)13-14-7-9-15(10-8-14)27-12-11-21-3/h7-10,16-17,21-22H,11-13H2,1-6H3,(H,23,24)/t16-,17+/m0/s1. The lowest BCUT2D eigenvalue weighted by Gasteiger charge is -2.32. The molecule has 0 radical (unpaired) electrons. The van der Waals surface area contributed by atoms with E-state index in [0.717, 1.165) is 17.9 Å². The van der Waals surface area contributed by atoms with Crippen molar-refractivity contribution in [3.63, 3.8) is 0 Å². The molecule has 0 aromatic heterocycles. The van der Waals surface area contributed by atoms with E-state index >= 15 is 0 Å². The number of amides is 1. The van der Waals surface area contributed by atoms with Crippen molar-refractivity contribution in [3.8, 4) is 5.75 Å². The van der Waals surface area contributed by atoms with Gasteiger partial charge in [-0.15, -0.1) is 0 Å². The lowest BCUT2D eigenvalue weighted by molar-refractivity contribution is -0.145. The number of likely N-dealkylation sites (N-methyl/N-ethyl adjacent to an activating group) is 2. The molecule has 0 unspecified atom stereocenters. The summed E-state index contributed by atoms with van der Waals surface area (Å²) in [6.07, 6.45) is 2.29. The molecule has 7 nitrogen and oxygen atoms in total. The Morgan fingerprint density at radius 1 is 1.18 bits per heavy atom. The molecule has 0 aliphatic rings. The monoisotopic (exact) mass is 411 g/mol. The van der Waals surface area contributed by atoms with Gasteiger partial charge in [-0.25, -0.2) is 4.79 Å². The van der Waals surface area contributed by atoms with Crippen LogP contribution < -0.4 is 20.7 Å². The zero-order valence-corrected chi connectivity index (χ0v) is 18.4. The number of benzene rings is 1. The highest BCUT2D eigenvalue weighted by molar-refractivity contribution is 8.00. The number of ether oxygens (including phenoxy) is 2. The molecule has 1 rings (SSSR count). The summed E-state index contributed by atoms with van der Waals surface area (Å²) in [5.41, 5.74) is 0.904. The van der Waals surface area contributed by atoms with E-state index in [1.807, 2.05) is 51.4 Å². The quantitative estimate of drug-likeness (QED) is 0.352. The third-order valence-corrected chi connectivity index (χ3v) is 5.85. The molecule has 158 valence electrons. The Morgan fingerprint density at radius 2 is 1.82 bits per heavy atom. The lowest BCUT2D eigenvalue weighted by atomic mass is 10.0. The maximum Gasteiger partial charge on any atom is 0.328 e. The summed E-state index contributed by atoms with van der Waals surface area (Å²) in [5.74, 6) is 0.0541. The molecule has 0 saturated carbocycles. The Morgan fingerprint density at radius 3 is 2.32 bits per heavy atom. The number of methoxy groups -OCH3 is 1. The Balaban J connectivity index is 2.83. The van der Waals surface area contributed by atoms with Crippen LogP contribution in [0.3, 0.4) is 0 Å². The summed E-state index contributed by atoms with van der Waals surface area (Å²) in [6, 6.07) is 6.28. The normalized spacial score (nSPS) is 13.5. The van der Waals surface area contributed by atoms with Crippen LogP contribution in [0.1, 0.15) is 19.4 Å². The Labute approximate surface area is 172 Å². The van der Waals surface area contributed by atoms with Crippen molar-refractivity contribution < 1.29 is 19.1 Å². The summed E-state index contributed by atoms with van der Waals surface area (Å²) in [7, 11) is 4.93. The number of carbonyl (C=O) groups excluding carboxylic acids is 2. The minimum absolute atomic E-state index is 0.232. The summed E-state index contributed by atoms with van der Waals surface area (Å²) in [6.45, 7) is 5.31. The molecular weight excluding hydrogens is 378 g/mol. The van der Waals surface area contributed by atoms with Gasteiger partial charge in [-0.1, -0.05) is 12.1 Å². The van der Waals surface area contributed by atoms with Gasteiger partial charge in [0.15, 0.2) is 0 Å². The smallest absolute Gasteiger partial charge is 0.328 e. The van der Waals surface area contributed by atoms with Gasteiger partial charge in [0.2, 0.25) is 5.91 Å². The van der Waals surface area contributed by atoms with Crippen LogP contribution >= 0.6 is 11.8 Å². The van der Waals surface area contributed by atoms with E-state index in [1.54, 1.807) is 18.8 Å². The van der Waals surface area contributed by atoms with E-state index in [9.17, 15) is 9.59 Å². The van der Waals surface area contributed by atoms with Crippen molar-refractivity contribution in [1.82, 2.24) is 16.0 Å². The first kappa shape index (κ1) is 24.3. The average molecular weight is 412 g/mol. The van der Waals surface area contributed by atoms with Crippen molar-refractivity contribution in [1.29, 1.82) is 0 Å². The highest BCUT2D eigenvalue weighted by atomic mass is 32.2. The first-order chi connectivity index (χ1) is 13.3. The van der Waals surface area contributed by atoms with E-state index in [0.29, 0.717) is 13.0 Å². The van der Waals surface area contributed by atoms with Crippen LogP contribution in [0, 0.1) is 0 Å². The van der Waals surface area contributed by atoms with Gasteiger partial charge in [0.25, 0.3) is 0 Å². The first-order valence-electron chi connectivity index (χ1n) is 9.26. The molecule has 0 fully saturated rings. The highest BCUT2D eigenvalue weighted by Crippen LogP contribution is 2.25. The van der Waals surface area contributed by atoms with Crippen LogP contribution in [0.4, 0.5) is 0 Å². The van der Waals surface area contributed by atoms with E-state index in [4.69, 9.17) is 9.47 Å². The largest absolute Gasteiger partial charge is 0.492 e. The van der Waals surface area contributed by atoms with E-state index in [-0.39, 0.29) is 10.7 Å². The molecule has 0 aliphatic carbocycles. The average Bonchev–Trinajstić information content (AvgIpc) is 2.68. The summed E-state index contributed by atoms with van der Waals surface area (Å²) >= 11 is 1.59. The number of esters is 1. The molecule has 0 saturated heterocycles. The topological polar surface area (TPSA) is 88.7 Å². The summed E-state index contributed by atoms with van der Waals surface area (Å²) in [4.78, 5) is 25.0. The highest BCUT2D eigenvalue weighted by Gasteiger charge is 2.35. The van der Waals surface area contributed by atoms with Gasteiger partial charge in [-0.05, 0) is 51.9 Å². The molecule has 1 aromatic carbocycles. The molecular formula is C20H33N3O4S. The third-order valence-electron chi connectivity index (χ3n) is 4.56. The van der Waals surface area contributed by atoms with Crippen LogP contribution in [0.25, 0.3) is 0 Å². The molecule has 3 N–H and O–H groups in total. The van der Waals surface area contributed by atoms with E-state index < -0.39 is 18.1 Å². The van der Waals surface area contributed by atoms with Crippen LogP contribution in [0.5, 0.6) is 5.75 Å². The van der Waals surface area contributed by atoms with Crippen LogP contribution in [-0.4, -0.2) is 69.3 Å². The molecule has 1 aromatic rings. The zero-order valence-electron chi connectivity index (χ0n) is 17.6. The van der Waals surface area contributed by atoms with E-state index in [1.165, 1.54) is 7.11 Å². The fraction of sp³-hybridized carbons (Fsp3) is 0.600. The maximum atomic E-state index is 12.8. The fourth-order valence-corrected chi connectivity index (χ4v) is 3.19. The van der Waals surface area contributed by atoms with Gasteiger partial charge in [0.05, 0.1) is 7.11 Å². The van der Waals surface area contributed by atoms with Crippen LogP contribution in [0.2, 0.25) is 0 Å². The van der Waals surface area contributed by atoms with Crippen molar-refractivity contribution in [2.45, 2.75) is 37.1 Å². The minimum Gasteiger partial charge on any atom is -0.492 e. The first-order valence-corrected chi connectivity index (χ1v) is 10.5. The van der Waals surface area contributed by atoms with Crippen molar-refractivity contribution in [2.75, 3.05) is 40.6 Å². The molecule has 2 atom stereocenters. The second-order valence-corrected chi connectivity index (χ2v) is 8.37. The molecule has 0 aliphatic heterocycles. The lowest BCUT2D eigenvalue weighted by Crippen LogP contribution is -2.57. The Bertz CT molecular complexity index is 622. The zero-order chi connectivity index (χ0) is 21.2. The fourth-order valence-electron chi connectivity index (χ4n) is 2.73. The van der Waals surface area contributed by atoms with Crippen molar-refractivity contribution >= 4 is 23.6 Å². The Kier molecular flexibility index (Phi) is 10.3. The van der Waals surface area contributed by atoms with Crippen LogP contribution in [0.15, 0.2) is 24.3 Å². The summed E-state index contributed by atoms with van der Waals surface area (Å²) in [5, 5.41) is 8.90. The number of nitrogens with one attached hydrogen (secondary N) is 3. The number of carbonyl (C=O) groups is 2. The number of rotatable bonds is 12. The third kappa shape index (κ3) is 7.33. The van der Waals surface area contributed by atoms with Crippen molar-refractivity contribution in [2.24, 2.45) is 0 Å². The predicted octanol–water partition coefficient (Wildman–Crippen LogP) is 1.21. The molecule has 0 bridgehead atoms. The SMILES string of the molecule is CNCCOc1ccc(C[C@H](NC(=O)[C@@H](NC)C(C)(C)SC)C(=O)OC)cc1. The van der Waals surface area contributed by atoms with Gasteiger partial charge in [-0.2, -0.15) is 11.8 Å². The van der Waals surface area contributed by atoms with Gasteiger partial charge in [0.1, 0.15) is 24.4 Å². The molecule has 1 amide bonds. The second-order valence-electron chi connectivity index (χ2n) is 6.91. The molecule has 28 heavy (non-hydrogen) atoms. The molecule has 8 heteroatoms. The van der Waals surface area contributed by atoms with Gasteiger partial charge in [0, 0.05) is 17.7 Å². The van der Waals surface area contributed by atoms with Gasteiger partial charge < -0.3 is 25.4 Å². The Hall–Kier alpha value is -1.77. The minimum atomic E-state index is -0.762. The molecule has 0 spiro atoms. The molecule has 0 heterocycles. The van der Waals surface area contributed by atoms with Gasteiger partial charge in [-0.3, -0.25) is 4.79 Å². The van der Waals surface area contributed by atoms with Gasteiger partial charge >= 0.3 is 5.97 Å². The van der Waals surface area contributed by atoms with Crippen LogP contribution in [-0.2, 0) is 20.7 Å². The van der Waals surface area contributed by atoms with E-state index in [2.05, 4.69) is 16.0 Å². The second kappa shape index (κ2) is 11.9. The maximum absolute atomic E-state index is 12.8. The number of thioether (sulfide) groups is 1. The number of hydrogen-bond donors (Lipinski definition) is 3.